The molecule has 5 nitrogen and oxygen atoms in total. The van der Waals surface area contributed by atoms with Gasteiger partial charge in [-0.3, -0.25) is 0 Å². The van der Waals surface area contributed by atoms with Crippen LogP contribution in [0.2, 0.25) is 0 Å². The van der Waals surface area contributed by atoms with Crippen molar-refractivity contribution in [3.8, 4) is 0 Å². The van der Waals surface area contributed by atoms with Gasteiger partial charge in [-0.05, 0) is 45.3 Å². The van der Waals surface area contributed by atoms with E-state index < -0.39 is 10.0 Å². The zero-order valence-corrected chi connectivity index (χ0v) is 13.5. The molecule has 114 valence electrons. The number of likely N-dealkylation sites (N-methyl/N-ethyl adjacent to an activating group) is 1. The molecule has 0 bridgehead atoms. The summed E-state index contributed by atoms with van der Waals surface area (Å²) in [5.41, 5.74) is 0.959. The summed E-state index contributed by atoms with van der Waals surface area (Å²) in [6.45, 7) is 6.05. The van der Waals surface area contributed by atoms with E-state index in [9.17, 15) is 8.42 Å². The lowest BCUT2D eigenvalue weighted by Gasteiger charge is -2.15. The molecule has 2 N–H and O–H groups in total. The highest BCUT2D eigenvalue weighted by Gasteiger charge is 2.15. The van der Waals surface area contributed by atoms with E-state index in [0.29, 0.717) is 18.0 Å². The average molecular weight is 299 g/mol. The van der Waals surface area contributed by atoms with Crippen molar-refractivity contribution in [2.24, 2.45) is 0 Å². The fraction of sp³-hybridized carbons (Fsp3) is 0.571. The Morgan fingerprint density at radius 3 is 2.65 bits per heavy atom. The Morgan fingerprint density at radius 1 is 1.35 bits per heavy atom. The van der Waals surface area contributed by atoms with Crippen molar-refractivity contribution in [1.29, 1.82) is 0 Å². The minimum atomic E-state index is -3.43. The highest BCUT2D eigenvalue weighted by molar-refractivity contribution is 7.89. The molecule has 0 aliphatic carbocycles. The molecule has 0 radical (unpaired) electrons. The summed E-state index contributed by atoms with van der Waals surface area (Å²) < 4.78 is 27.1. The van der Waals surface area contributed by atoms with Gasteiger partial charge in [-0.15, -0.1) is 0 Å². The molecule has 1 aromatic carbocycles. The Kier molecular flexibility index (Phi) is 6.61. The fourth-order valence-corrected chi connectivity index (χ4v) is 2.81. The number of benzene rings is 1. The first-order chi connectivity index (χ1) is 9.40. The summed E-state index contributed by atoms with van der Waals surface area (Å²) in [6.07, 6.45) is 0. The molecule has 1 rings (SSSR count). The van der Waals surface area contributed by atoms with E-state index in [-0.39, 0.29) is 6.04 Å². The molecule has 0 spiro atoms. The van der Waals surface area contributed by atoms with Gasteiger partial charge in [0.05, 0.1) is 4.90 Å². The first-order valence-corrected chi connectivity index (χ1v) is 8.34. The number of nitrogens with one attached hydrogen (secondary N) is 2. The second-order valence-corrected chi connectivity index (χ2v) is 6.64. The van der Waals surface area contributed by atoms with Crippen molar-refractivity contribution in [2.45, 2.75) is 24.8 Å². The Labute approximate surface area is 122 Å². The standard InChI is InChI=1S/C14H25N3O2S/c1-5-17(4)10-9-16-20(18,19)14-8-6-7-13(11-14)12(2)15-3/h6-8,11-12,15-16H,5,9-10H2,1-4H3. The Hall–Kier alpha value is -0.950. The van der Waals surface area contributed by atoms with Gasteiger partial charge in [0, 0.05) is 19.1 Å². The average Bonchev–Trinajstić information content (AvgIpc) is 2.46. The Bertz CT molecular complexity index is 517. The molecule has 0 fully saturated rings. The van der Waals surface area contributed by atoms with Crippen molar-refractivity contribution < 1.29 is 8.42 Å². The lowest BCUT2D eigenvalue weighted by molar-refractivity contribution is 0.358. The molecule has 0 aliphatic heterocycles. The molecule has 0 amide bonds. The predicted molar refractivity (Wildman–Crippen MR) is 82.3 cm³/mol. The van der Waals surface area contributed by atoms with Gasteiger partial charge in [0.1, 0.15) is 0 Å². The molecule has 6 heteroatoms. The second-order valence-electron chi connectivity index (χ2n) is 4.88. The van der Waals surface area contributed by atoms with Gasteiger partial charge in [0.15, 0.2) is 0 Å². The first-order valence-electron chi connectivity index (χ1n) is 6.86. The van der Waals surface area contributed by atoms with Crippen molar-refractivity contribution >= 4 is 10.0 Å². The van der Waals surface area contributed by atoms with E-state index in [1.54, 1.807) is 18.2 Å². The van der Waals surface area contributed by atoms with E-state index in [1.165, 1.54) is 0 Å². The van der Waals surface area contributed by atoms with Gasteiger partial charge < -0.3 is 10.2 Å². The topological polar surface area (TPSA) is 61.4 Å². The Balaban J connectivity index is 2.77. The smallest absolute Gasteiger partial charge is 0.240 e. The van der Waals surface area contributed by atoms with Crippen LogP contribution in [0.1, 0.15) is 25.5 Å². The maximum atomic E-state index is 12.2. The molecule has 20 heavy (non-hydrogen) atoms. The third-order valence-electron chi connectivity index (χ3n) is 3.43. The highest BCUT2D eigenvalue weighted by Crippen LogP contribution is 2.16. The minimum Gasteiger partial charge on any atom is -0.313 e. The quantitative estimate of drug-likeness (QED) is 0.757. The number of nitrogens with zero attached hydrogens (tertiary/aromatic N) is 1. The molecule has 0 aromatic heterocycles. The van der Waals surface area contributed by atoms with E-state index in [2.05, 4.69) is 14.9 Å². The monoisotopic (exact) mass is 299 g/mol. The summed E-state index contributed by atoms with van der Waals surface area (Å²) in [4.78, 5) is 2.37. The van der Waals surface area contributed by atoms with Crippen molar-refractivity contribution in [3.05, 3.63) is 29.8 Å². The van der Waals surface area contributed by atoms with E-state index >= 15 is 0 Å². The van der Waals surface area contributed by atoms with Gasteiger partial charge in [-0.1, -0.05) is 19.1 Å². The molecule has 1 aromatic rings. The molecular weight excluding hydrogens is 274 g/mol. The van der Waals surface area contributed by atoms with Gasteiger partial charge in [0.2, 0.25) is 10.0 Å². The van der Waals surface area contributed by atoms with Crippen molar-refractivity contribution in [2.75, 3.05) is 33.7 Å². The van der Waals surface area contributed by atoms with E-state index in [4.69, 9.17) is 0 Å². The molecule has 1 unspecified atom stereocenters. The maximum Gasteiger partial charge on any atom is 0.240 e. The molecule has 0 aliphatic rings. The number of sulfonamides is 1. The summed E-state index contributed by atoms with van der Waals surface area (Å²) in [5, 5.41) is 3.10. The first kappa shape index (κ1) is 17.1. The number of rotatable bonds is 8. The maximum absolute atomic E-state index is 12.2. The lowest BCUT2D eigenvalue weighted by Crippen LogP contribution is -2.33. The predicted octanol–water partition coefficient (Wildman–Crippen LogP) is 1.20. The highest BCUT2D eigenvalue weighted by atomic mass is 32.2. The summed E-state index contributed by atoms with van der Waals surface area (Å²) in [5.74, 6) is 0. The largest absolute Gasteiger partial charge is 0.313 e. The zero-order valence-electron chi connectivity index (χ0n) is 12.7. The summed E-state index contributed by atoms with van der Waals surface area (Å²) in [7, 11) is 0.381. The van der Waals surface area contributed by atoms with E-state index in [1.807, 2.05) is 34.0 Å². The van der Waals surface area contributed by atoms with Crippen LogP contribution in [0, 0.1) is 0 Å². The van der Waals surface area contributed by atoms with Gasteiger partial charge >= 0.3 is 0 Å². The fourth-order valence-electron chi connectivity index (χ4n) is 1.73. The lowest BCUT2D eigenvalue weighted by atomic mass is 10.1. The Morgan fingerprint density at radius 2 is 2.05 bits per heavy atom. The summed E-state index contributed by atoms with van der Waals surface area (Å²) in [6, 6.07) is 7.16. The number of hydrogen-bond donors (Lipinski definition) is 2. The van der Waals surface area contributed by atoms with Crippen LogP contribution in [0.4, 0.5) is 0 Å². The van der Waals surface area contributed by atoms with Gasteiger partial charge in [-0.2, -0.15) is 0 Å². The van der Waals surface area contributed by atoms with Crippen LogP contribution in [0.3, 0.4) is 0 Å². The summed E-state index contributed by atoms with van der Waals surface area (Å²) >= 11 is 0. The number of hydrogen-bond acceptors (Lipinski definition) is 4. The second kappa shape index (κ2) is 7.73. The van der Waals surface area contributed by atoms with Gasteiger partial charge in [-0.25, -0.2) is 13.1 Å². The minimum absolute atomic E-state index is 0.122. The third-order valence-corrected chi connectivity index (χ3v) is 4.89. The van der Waals surface area contributed by atoms with Crippen molar-refractivity contribution in [3.63, 3.8) is 0 Å². The molecule has 0 heterocycles. The zero-order chi connectivity index (χ0) is 15.2. The van der Waals surface area contributed by atoms with Crippen LogP contribution in [0.5, 0.6) is 0 Å². The molecule has 1 atom stereocenters. The molecule has 0 saturated carbocycles. The van der Waals surface area contributed by atoms with Gasteiger partial charge in [0.25, 0.3) is 0 Å². The van der Waals surface area contributed by atoms with Crippen LogP contribution in [0.25, 0.3) is 0 Å². The van der Waals surface area contributed by atoms with Crippen LogP contribution < -0.4 is 10.0 Å². The molecular formula is C14H25N3O2S. The van der Waals surface area contributed by atoms with Crippen LogP contribution >= 0.6 is 0 Å². The third kappa shape index (κ3) is 4.86. The normalized spacial score (nSPS) is 13.7. The SMILES string of the molecule is CCN(C)CCNS(=O)(=O)c1cccc(C(C)NC)c1. The van der Waals surface area contributed by atoms with Crippen LogP contribution in [0.15, 0.2) is 29.2 Å². The molecule has 0 saturated heterocycles. The van der Waals surface area contributed by atoms with Crippen LogP contribution in [-0.4, -0.2) is 47.0 Å². The van der Waals surface area contributed by atoms with Crippen molar-refractivity contribution in [1.82, 2.24) is 14.9 Å². The van der Waals surface area contributed by atoms with E-state index in [0.717, 1.165) is 12.1 Å². The van der Waals surface area contributed by atoms with Crippen LogP contribution in [-0.2, 0) is 10.0 Å².